The van der Waals surface area contributed by atoms with Gasteiger partial charge in [-0.1, -0.05) is 141 Å². The zero-order chi connectivity index (χ0) is 40.3. The second kappa shape index (κ2) is 12.8. The first-order valence-electron chi connectivity index (χ1n) is 20.8. The maximum Gasteiger partial charge on any atom is 0.252 e. The van der Waals surface area contributed by atoms with Gasteiger partial charge in [0.25, 0.3) is 6.71 Å². The summed E-state index contributed by atoms with van der Waals surface area (Å²) in [6.45, 7) is 20.8. The monoisotopic (exact) mass is 754 g/mol. The number of hydrogen-bond donors (Lipinski definition) is 0. The van der Waals surface area contributed by atoms with E-state index in [4.69, 9.17) is 4.42 Å². The minimum Gasteiger partial charge on any atom is -0.456 e. The summed E-state index contributed by atoms with van der Waals surface area (Å²) >= 11 is 0. The second-order valence-electron chi connectivity index (χ2n) is 19.5. The van der Waals surface area contributed by atoms with Gasteiger partial charge in [-0.25, -0.2) is 0 Å². The van der Waals surface area contributed by atoms with Crippen LogP contribution in [0.25, 0.3) is 33.1 Å². The summed E-state index contributed by atoms with van der Waals surface area (Å²) in [5.41, 5.74) is 19.5. The molecule has 10 rings (SSSR count). The Labute approximate surface area is 344 Å². The molecule has 0 amide bonds. The molecular formula is C54H51BN2O. The standard InChI is InChI=1S/C54H51BN2O/c1-52(2,3)36-20-26-40(27-21-36)56-45-30-23-37(53(4,5)6)32-44(45)55-43-29-22-38(54(7,8)9)33-48(43)57(47-15-12-14-46(56)51(47)55)39-24-17-34(18-25-39)35-19-28-42-41-13-10-11-16-49(41)58-50(42)31-35/h10-33H,1-9H3. The van der Waals surface area contributed by atoms with E-state index in [-0.39, 0.29) is 23.0 Å². The van der Waals surface area contributed by atoms with Crippen molar-refractivity contribution >= 4 is 79.2 Å². The van der Waals surface area contributed by atoms with E-state index in [0.717, 1.165) is 38.8 Å². The van der Waals surface area contributed by atoms with Crippen LogP contribution < -0.4 is 26.2 Å². The molecule has 0 aliphatic carbocycles. The Morgan fingerprint density at radius 1 is 0.397 bits per heavy atom. The Morgan fingerprint density at radius 2 is 0.948 bits per heavy atom. The number of benzene rings is 7. The Kier molecular flexibility index (Phi) is 7.99. The summed E-state index contributed by atoms with van der Waals surface area (Å²) in [4.78, 5) is 5.03. The molecule has 0 saturated carbocycles. The van der Waals surface area contributed by atoms with Gasteiger partial charge in [0.1, 0.15) is 11.2 Å². The van der Waals surface area contributed by atoms with Crippen LogP contribution in [-0.2, 0) is 16.2 Å². The maximum atomic E-state index is 6.29. The lowest BCUT2D eigenvalue weighted by Crippen LogP contribution is -2.61. The van der Waals surface area contributed by atoms with Crippen molar-refractivity contribution in [3.63, 3.8) is 0 Å². The molecule has 0 saturated heterocycles. The van der Waals surface area contributed by atoms with Gasteiger partial charge in [-0.2, -0.15) is 0 Å². The van der Waals surface area contributed by atoms with E-state index in [1.54, 1.807) is 0 Å². The number of anilines is 6. The van der Waals surface area contributed by atoms with Crippen molar-refractivity contribution in [2.24, 2.45) is 0 Å². The highest BCUT2D eigenvalue weighted by atomic mass is 16.3. The van der Waals surface area contributed by atoms with Gasteiger partial charge in [0.15, 0.2) is 0 Å². The van der Waals surface area contributed by atoms with Crippen LogP contribution in [0.5, 0.6) is 0 Å². The first-order chi connectivity index (χ1) is 27.6. The lowest BCUT2D eigenvalue weighted by Gasteiger charge is -2.45. The zero-order valence-electron chi connectivity index (χ0n) is 35.2. The summed E-state index contributed by atoms with van der Waals surface area (Å²) in [6, 6.07) is 54.6. The fourth-order valence-corrected chi connectivity index (χ4v) is 9.24. The predicted octanol–water partition coefficient (Wildman–Crippen LogP) is 13.2. The largest absolute Gasteiger partial charge is 0.456 e. The Morgan fingerprint density at radius 3 is 1.62 bits per heavy atom. The third-order valence-corrected chi connectivity index (χ3v) is 12.6. The van der Waals surface area contributed by atoms with Crippen molar-refractivity contribution in [2.75, 3.05) is 9.80 Å². The average Bonchev–Trinajstić information content (AvgIpc) is 3.57. The predicted molar refractivity (Wildman–Crippen MR) is 249 cm³/mol. The SMILES string of the molecule is CC(C)(C)c1ccc(N2c3ccc(C(C)(C)C)cc3B3c4ccc(C(C)(C)C)cc4N(c4ccc(-c5ccc6c(c5)oc5ccccc56)cc4)c4cccc2c43)cc1. The molecule has 0 bridgehead atoms. The molecule has 58 heavy (non-hydrogen) atoms. The van der Waals surface area contributed by atoms with Crippen molar-refractivity contribution < 1.29 is 4.42 Å². The Balaban J connectivity index is 1.17. The van der Waals surface area contributed by atoms with Gasteiger partial charge in [0, 0.05) is 44.9 Å². The van der Waals surface area contributed by atoms with Crippen molar-refractivity contribution in [3.05, 3.63) is 162 Å². The molecule has 8 aromatic rings. The Hall–Kier alpha value is -6.00. The lowest BCUT2D eigenvalue weighted by atomic mass is 9.33. The van der Waals surface area contributed by atoms with Crippen LogP contribution in [0, 0.1) is 0 Å². The number of para-hydroxylation sites is 1. The first-order valence-corrected chi connectivity index (χ1v) is 20.8. The highest BCUT2D eigenvalue weighted by molar-refractivity contribution is 7.00. The van der Waals surface area contributed by atoms with Crippen molar-refractivity contribution in [1.29, 1.82) is 0 Å². The van der Waals surface area contributed by atoms with Crippen LogP contribution in [0.3, 0.4) is 0 Å². The van der Waals surface area contributed by atoms with Crippen LogP contribution in [0.1, 0.15) is 79.0 Å². The molecule has 1 aromatic heterocycles. The molecular weight excluding hydrogens is 703 g/mol. The minimum absolute atomic E-state index is 0.00429. The van der Waals surface area contributed by atoms with Crippen LogP contribution in [-0.4, -0.2) is 6.71 Å². The second-order valence-corrected chi connectivity index (χ2v) is 19.5. The Bertz CT molecular complexity index is 2900. The van der Waals surface area contributed by atoms with Gasteiger partial charge < -0.3 is 14.2 Å². The van der Waals surface area contributed by atoms with Gasteiger partial charge in [0.05, 0.1) is 0 Å². The van der Waals surface area contributed by atoms with Crippen LogP contribution >= 0.6 is 0 Å². The first kappa shape index (κ1) is 36.4. The molecule has 4 heteroatoms. The normalized spacial score (nSPS) is 13.8. The number of hydrogen-bond acceptors (Lipinski definition) is 3. The third kappa shape index (κ3) is 5.79. The van der Waals surface area contributed by atoms with Gasteiger partial charge in [-0.3, -0.25) is 0 Å². The number of furan rings is 1. The van der Waals surface area contributed by atoms with E-state index in [1.165, 1.54) is 61.5 Å². The molecule has 7 aromatic carbocycles. The number of fused-ring (bicyclic) bond motifs is 7. The summed E-state index contributed by atoms with van der Waals surface area (Å²) in [5, 5.41) is 2.30. The molecule has 0 radical (unpaired) electrons. The van der Waals surface area contributed by atoms with E-state index < -0.39 is 0 Å². The van der Waals surface area contributed by atoms with Crippen LogP contribution in [0.15, 0.2) is 150 Å². The van der Waals surface area contributed by atoms with E-state index >= 15 is 0 Å². The van der Waals surface area contributed by atoms with E-state index in [9.17, 15) is 0 Å². The van der Waals surface area contributed by atoms with Gasteiger partial charge in [-0.15, -0.1) is 0 Å². The fourth-order valence-electron chi connectivity index (χ4n) is 9.24. The third-order valence-electron chi connectivity index (χ3n) is 12.6. The zero-order valence-corrected chi connectivity index (χ0v) is 35.2. The molecule has 2 aliphatic rings. The summed E-state index contributed by atoms with van der Waals surface area (Å²) < 4.78 is 6.29. The molecule has 2 aliphatic heterocycles. The summed E-state index contributed by atoms with van der Waals surface area (Å²) in [5.74, 6) is 0. The van der Waals surface area contributed by atoms with Gasteiger partial charge in [0.2, 0.25) is 0 Å². The molecule has 3 heterocycles. The van der Waals surface area contributed by atoms with Gasteiger partial charge >= 0.3 is 0 Å². The molecule has 0 atom stereocenters. The quantitative estimate of drug-likeness (QED) is 0.168. The van der Waals surface area contributed by atoms with Crippen LogP contribution in [0.2, 0.25) is 0 Å². The molecule has 3 nitrogen and oxygen atoms in total. The van der Waals surface area contributed by atoms with Crippen molar-refractivity contribution in [1.82, 2.24) is 0 Å². The van der Waals surface area contributed by atoms with Crippen molar-refractivity contribution in [3.8, 4) is 11.1 Å². The van der Waals surface area contributed by atoms with E-state index in [2.05, 4.69) is 206 Å². The highest BCUT2D eigenvalue weighted by Gasteiger charge is 2.44. The number of nitrogens with zero attached hydrogens (tertiary/aromatic N) is 2. The van der Waals surface area contributed by atoms with Crippen LogP contribution in [0.4, 0.5) is 34.1 Å². The highest BCUT2D eigenvalue weighted by Crippen LogP contribution is 2.46. The topological polar surface area (TPSA) is 19.6 Å². The summed E-state index contributed by atoms with van der Waals surface area (Å²) in [7, 11) is 0. The maximum absolute atomic E-state index is 6.29. The van der Waals surface area contributed by atoms with E-state index in [0.29, 0.717) is 0 Å². The lowest BCUT2D eigenvalue weighted by molar-refractivity contribution is 0.590. The average molecular weight is 755 g/mol. The molecule has 0 fully saturated rings. The van der Waals surface area contributed by atoms with E-state index in [1.807, 2.05) is 12.1 Å². The minimum atomic E-state index is -0.0120. The fraction of sp³-hybridized carbons (Fsp3) is 0.222. The molecule has 0 N–H and O–H groups in total. The smallest absolute Gasteiger partial charge is 0.252 e. The number of rotatable bonds is 3. The van der Waals surface area contributed by atoms with Gasteiger partial charge in [-0.05, 0) is 127 Å². The van der Waals surface area contributed by atoms with Crippen molar-refractivity contribution in [2.45, 2.75) is 78.6 Å². The molecule has 286 valence electrons. The summed E-state index contributed by atoms with van der Waals surface area (Å²) in [6.07, 6.45) is 0. The molecule has 0 spiro atoms. The molecule has 0 unspecified atom stereocenters.